The SMILES string of the molecule is COC(=O)c1ccccc1N1CC(O)CC1=O. The molecule has 1 saturated heterocycles. The molecule has 1 unspecified atom stereocenters. The van der Waals surface area contributed by atoms with Crippen LogP contribution in [0.25, 0.3) is 0 Å². The van der Waals surface area contributed by atoms with Crippen molar-refractivity contribution in [2.24, 2.45) is 0 Å². The van der Waals surface area contributed by atoms with E-state index < -0.39 is 12.1 Å². The summed E-state index contributed by atoms with van der Waals surface area (Å²) in [5.41, 5.74) is 0.818. The predicted molar refractivity (Wildman–Crippen MR) is 60.8 cm³/mol. The Morgan fingerprint density at radius 3 is 2.76 bits per heavy atom. The van der Waals surface area contributed by atoms with E-state index in [2.05, 4.69) is 4.74 Å². The minimum Gasteiger partial charge on any atom is -0.465 e. The minimum absolute atomic E-state index is 0.0928. The zero-order valence-corrected chi connectivity index (χ0v) is 9.42. The number of nitrogens with zero attached hydrogens (tertiary/aromatic N) is 1. The number of β-amino-alcohol motifs (C(OH)–C–C–N with tert-alkyl or cyclic N) is 1. The molecule has 90 valence electrons. The number of amides is 1. The highest BCUT2D eigenvalue weighted by Crippen LogP contribution is 2.25. The lowest BCUT2D eigenvalue weighted by Crippen LogP contribution is -2.27. The Bertz CT molecular complexity index is 458. The van der Waals surface area contributed by atoms with Crippen LogP contribution in [0.2, 0.25) is 0 Å². The number of anilines is 1. The van der Waals surface area contributed by atoms with Gasteiger partial charge < -0.3 is 14.7 Å². The molecule has 1 N–H and O–H groups in total. The molecule has 0 aliphatic carbocycles. The molecule has 0 spiro atoms. The number of hydrogen-bond donors (Lipinski definition) is 1. The van der Waals surface area contributed by atoms with Gasteiger partial charge in [-0.25, -0.2) is 4.79 Å². The lowest BCUT2D eigenvalue weighted by atomic mass is 10.1. The lowest BCUT2D eigenvalue weighted by Gasteiger charge is -2.18. The summed E-state index contributed by atoms with van der Waals surface area (Å²) in [6, 6.07) is 6.70. The maximum absolute atomic E-state index is 11.7. The molecule has 1 aliphatic heterocycles. The summed E-state index contributed by atoms with van der Waals surface area (Å²) in [5, 5.41) is 9.44. The summed E-state index contributed by atoms with van der Waals surface area (Å²) in [6.45, 7) is 0.215. The first-order valence-electron chi connectivity index (χ1n) is 5.29. The summed E-state index contributed by atoms with van der Waals surface area (Å²) >= 11 is 0. The summed E-state index contributed by atoms with van der Waals surface area (Å²) < 4.78 is 4.66. The third-order valence-corrected chi connectivity index (χ3v) is 2.70. The number of aliphatic hydroxyl groups is 1. The van der Waals surface area contributed by atoms with Crippen molar-refractivity contribution in [1.29, 1.82) is 0 Å². The molecular weight excluding hydrogens is 222 g/mol. The molecule has 0 radical (unpaired) electrons. The van der Waals surface area contributed by atoms with Gasteiger partial charge in [0.05, 0.1) is 37.4 Å². The van der Waals surface area contributed by atoms with Crippen LogP contribution in [0, 0.1) is 0 Å². The van der Waals surface area contributed by atoms with Crippen molar-refractivity contribution in [2.75, 3.05) is 18.6 Å². The number of benzene rings is 1. The van der Waals surface area contributed by atoms with Crippen molar-refractivity contribution in [3.63, 3.8) is 0 Å². The number of para-hydroxylation sites is 1. The predicted octanol–water partition coefficient (Wildman–Crippen LogP) is 0.571. The Morgan fingerprint density at radius 2 is 2.18 bits per heavy atom. The maximum Gasteiger partial charge on any atom is 0.339 e. The molecule has 5 nitrogen and oxygen atoms in total. The molecule has 0 aromatic heterocycles. The average Bonchev–Trinajstić information content (AvgIpc) is 2.67. The number of esters is 1. The van der Waals surface area contributed by atoms with Crippen LogP contribution >= 0.6 is 0 Å². The first-order chi connectivity index (χ1) is 8.13. The van der Waals surface area contributed by atoms with E-state index in [1.807, 2.05) is 0 Å². The smallest absolute Gasteiger partial charge is 0.339 e. The second kappa shape index (κ2) is 4.55. The molecule has 1 aliphatic rings. The third kappa shape index (κ3) is 2.14. The Hall–Kier alpha value is -1.88. The van der Waals surface area contributed by atoms with Gasteiger partial charge in [-0.05, 0) is 12.1 Å². The van der Waals surface area contributed by atoms with E-state index in [9.17, 15) is 14.7 Å². The first kappa shape index (κ1) is 11.6. The van der Waals surface area contributed by atoms with Crippen LogP contribution in [0.15, 0.2) is 24.3 Å². The van der Waals surface area contributed by atoms with Gasteiger partial charge in [-0.15, -0.1) is 0 Å². The maximum atomic E-state index is 11.7. The van der Waals surface area contributed by atoms with Crippen molar-refractivity contribution in [3.05, 3.63) is 29.8 Å². The Kier molecular flexibility index (Phi) is 3.10. The van der Waals surface area contributed by atoms with Gasteiger partial charge in [-0.1, -0.05) is 12.1 Å². The van der Waals surface area contributed by atoms with Crippen LogP contribution in [0.1, 0.15) is 16.8 Å². The summed E-state index contributed by atoms with van der Waals surface area (Å²) in [7, 11) is 1.29. The summed E-state index contributed by atoms with van der Waals surface area (Å²) in [5.74, 6) is -0.677. The van der Waals surface area contributed by atoms with Gasteiger partial charge in [-0.2, -0.15) is 0 Å². The second-order valence-corrected chi connectivity index (χ2v) is 3.87. The van der Waals surface area contributed by atoms with E-state index in [1.165, 1.54) is 12.0 Å². The fourth-order valence-electron chi connectivity index (χ4n) is 1.91. The van der Waals surface area contributed by atoms with E-state index in [4.69, 9.17) is 0 Å². The number of carbonyl (C=O) groups is 2. The number of rotatable bonds is 2. The fraction of sp³-hybridized carbons (Fsp3) is 0.333. The van der Waals surface area contributed by atoms with Gasteiger partial charge in [0.1, 0.15) is 0 Å². The van der Waals surface area contributed by atoms with Gasteiger partial charge in [0.15, 0.2) is 0 Å². The molecule has 1 atom stereocenters. The van der Waals surface area contributed by atoms with Crippen molar-refractivity contribution in [2.45, 2.75) is 12.5 Å². The van der Waals surface area contributed by atoms with E-state index >= 15 is 0 Å². The topological polar surface area (TPSA) is 66.8 Å². The number of methoxy groups -OCH3 is 1. The standard InChI is InChI=1S/C12H13NO4/c1-17-12(16)9-4-2-3-5-10(9)13-7-8(14)6-11(13)15/h2-5,8,14H,6-7H2,1H3. The van der Waals surface area contributed by atoms with Crippen LogP contribution in [-0.2, 0) is 9.53 Å². The van der Waals surface area contributed by atoms with Crippen molar-refractivity contribution < 1.29 is 19.4 Å². The molecule has 2 rings (SSSR count). The van der Waals surface area contributed by atoms with Crippen molar-refractivity contribution in [3.8, 4) is 0 Å². The highest BCUT2D eigenvalue weighted by Gasteiger charge is 2.31. The monoisotopic (exact) mass is 235 g/mol. The van der Waals surface area contributed by atoms with Crippen molar-refractivity contribution in [1.82, 2.24) is 0 Å². The van der Waals surface area contributed by atoms with Gasteiger partial charge in [0.25, 0.3) is 0 Å². The van der Waals surface area contributed by atoms with Crippen LogP contribution in [0.4, 0.5) is 5.69 Å². The van der Waals surface area contributed by atoms with Gasteiger partial charge in [-0.3, -0.25) is 4.79 Å². The largest absolute Gasteiger partial charge is 0.465 e. The molecule has 17 heavy (non-hydrogen) atoms. The summed E-state index contributed by atoms with van der Waals surface area (Å²) in [4.78, 5) is 24.6. The molecule has 0 saturated carbocycles. The second-order valence-electron chi connectivity index (χ2n) is 3.87. The minimum atomic E-state index is -0.673. The molecule has 1 fully saturated rings. The van der Waals surface area contributed by atoms with Crippen LogP contribution in [-0.4, -0.2) is 36.7 Å². The lowest BCUT2D eigenvalue weighted by molar-refractivity contribution is -0.117. The molecule has 1 aromatic rings. The number of aliphatic hydroxyl groups excluding tert-OH is 1. The molecule has 1 heterocycles. The van der Waals surface area contributed by atoms with Crippen LogP contribution < -0.4 is 4.90 Å². The highest BCUT2D eigenvalue weighted by molar-refractivity contribution is 6.03. The van der Waals surface area contributed by atoms with Gasteiger partial charge in [0.2, 0.25) is 5.91 Å². The summed E-state index contributed by atoms with van der Waals surface area (Å²) in [6.07, 6.45) is -0.580. The van der Waals surface area contributed by atoms with E-state index in [1.54, 1.807) is 24.3 Å². The molecule has 5 heteroatoms. The number of ether oxygens (including phenoxy) is 1. The van der Waals surface area contributed by atoms with Gasteiger partial charge in [0, 0.05) is 0 Å². The average molecular weight is 235 g/mol. The third-order valence-electron chi connectivity index (χ3n) is 2.70. The Morgan fingerprint density at radius 1 is 1.47 bits per heavy atom. The zero-order valence-electron chi connectivity index (χ0n) is 9.42. The van der Waals surface area contributed by atoms with E-state index in [0.29, 0.717) is 11.3 Å². The Labute approximate surface area is 98.6 Å². The van der Waals surface area contributed by atoms with Crippen LogP contribution in [0.3, 0.4) is 0 Å². The highest BCUT2D eigenvalue weighted by atomic mass is 16.5. The molecule has 0 bridgehead atoms. The van der Waals surface area contributed by atoms with Crippen molar-refractivity contribution >= 4 is 17.6 Å². The van der Waals surface area contributed by atoms with E-state index in [0.717, 1.165) is 0 Å². The molecule has 1 aromatic carbocycles. The molecule has 1 amide bonds. The fourth-order valence-corrected chi connectivity index (χ4v) is 1.91. The number of carbonyl (C=O) groups excluding carboxylic acids is 2. The van der Waals surface area contributed by atoms with E-state index in [-0.39, 0.29) is 18.9 Å². The number of hydrogen-bond acceptors (Lipinski definition) is 4. The van der Waals surface area contributed by atoms with Crippen LogP contribution in [0.5, 0.6) is 0 Å². The first-order valence-corrected chi connectivity index (χ1v) is 5.29. The van der Waals surface area contributed by atoms with Gasteiger partial charge >= 0.3 is 5.97 Å². The quantitative estimate of drug-likeness (QED) is 0.761. The molecular formula is C12H13NO4. The zero-order chi connectivity index (χ0) is 12.4. The Balaban J connectivity index is 2.38. The normalized spacial score (nSPS) is 19.5.